The lowest BCUT2D eigenvalue weighted by atomic mass is 9.96. The van der Waals surface area contributed by atoms with Gasteiger partial charge >= 0.3 is 5.97 Å². The highest BCUT2D eigenvalue weighted by atomic mass is 32.1. The number of aromatic nitrogens is 1. The second-order valence-electron chi connectivity index (χ2n) is 7.57. The van der Waals surface area contributed by atoms with Crippen molar-refractivity contribution in [3.63, 3.8) is 0 Å². The number of fused-ring (bicyclic) bond motifs is 1. The average Bonchev–Trinajstić information content (AvgIpc) is 3.17. The highest BCUT2D eigenvalue weighted by Gasteiger charge is 2.33. The molecule has 1 aliphatic heterocycles. The Morgan fingerprint density at radius 2 is 2.00 bits per heavy atom. The number of hydrogen-bond acceptors (Lipinski definition) is 8. The van der Waals surface area contributed by atoms with Crippen molar-refractivity contribution in [2.24, 2.45) is 4.99 Å². The molecular weight excluding hydrogens is 466 g/mol. The number of ether oxygens (including phenoxy) is 3. The summed E-state index contributed by atoms with van der Waals surface area (Å²) >= 11 is 1.24. The summed E-state index contributed by atoms with van der Waals surface area (Å²) in [5, 5.41) is 8.76. The van der Waals surface area contributed by atoms with E-state index in [0.29, 0.717) is 37.7 Å². The highest BCUT2D eigenvalue weighted by molar-refractivity contribution is 7.07. The molecule has 0 saturated carbocycles. The van der Waals surface area contributed by atoms with Gasteiger partial charge in [0.15, 0.2) is 22.9 Å². The topological polar surface area (TPSA) is 103 Å². The van der Waals surface area contributed by atoms with E-state index in [1.54, 1.807) is 42.7 Å². The number of hydrogen-bond donors (Lipinski definition) is 0. The van der Waals surface area contributed by atoms with Crippen LogP contribution in [0, 0.1) is 11.3 Å². The second-order valence-corrected chi connectivity index (χ2v) is 8.58. The number of nitriles is 1. The predicted molar refractivity (Wildman–Crippen MR) is 131 cm³/mol. The summed E-state index contributed by atoms with van der Waals surface area (Å²) in [4.78, 5) is 31.6. The smallest absolute Gasteiger partial charge is 0.338 e. The fourth-order valence-corrected chi connectivity index (χ4v) is 4.94. The van der Waals surface area contributed by atoms with Crippen molar-refractivity contribution in [1.82, 2.24) is 4.57 Å². The summed E-state index contributed by atoms with van der Waals surface area (Å²) < 4.78 is 18.1. The number of rotatable bonds is 7. The minimum atomic E-state index is -0.648. The lowest BCUT2D eigenvalue weighted by Crippen LogP contribution is -2.39. The van der Waals surface area contributed by atoms with Crippen LogP contribution in [-0.2, 0) is 9.53 Å². The Bertz CT molecular complexity index is 1510. The normalized spacial score (nSPS) is 15.1. The molecule has 1 aliphatic rings. The molecule has 0 unspecified atom stereocenters. The van der Waals surface area contributed by atoms with Gasteiger partial charge in [-0.1, -0.05) is 47.7 Å². The van der Waals surface area contributed by atoms with Gasteiger partial charge in [0.1, 0.15) is 6.07 Å². The third kappa shape index (κ3) is 4.74. The zero-order valence-corrected chi connectivity index (χ0v) is 20.3. The number of carbonyl (C=O) groups excluding carboxylic acids is 1. The largest absolute Gasteiger partial charge is 0.493 e. The van der Waals surface area contributed by atoms with E-state index in [1.165, 1.54) is 18.4 Å². The van der Waals surface area contributed by atoms with E-state index in [1.807, 2.05) is 36.4 Å². The average molecular weight is 490 g/mol. The van der Waals surface area contributed by atoms with Crippen molar-refractivity contribution in [3.8, 4) is 17.6 Å². The van der Waals surface area contributed by atoms with Crippen LogP contribution in [-0.4, -0.2) is 30.9 Å². The molecule has 4 rings (SSSR count). The van der Waals surface area contributed by atoms with E-state index >= 15 is 0 Å². The molecule has 0 spiro atoms. The molecule has 1 atom stereocenters. The van der Waals surface area contributed by atoms with E-state index in [9.17, 15) is 9.59 Å². The summed E-state index contributed by atoms with van der Waals surface area (Å²) in [6.07, 6.45) is 1.74. The van der Waals surface area contributed by atoms with Crippen molar-refractivity contribution in [3.05, 3.63) is 90.6 Å². The predicted octanol–water partition coefficient (Wildman–Crippen LogP) is 2.71. The molecule has 9 heteroatoms. The molecule has 0 amide bonds. The minimum Gasteiger partial charge on any atom is -0.493 e. The van der Waals surface area contributed by atoms with Crippen molar-refractivity contribution in [1.29, 1.82) is 5.26 Å². The Labute approximate surface area is 205 Å². The van der Waals surface area contributed by atoms with Gasteiger partial charge in [-0.05, 0) is 43.2 Å². The molecule has 0 bridgehead atoms. The maximum atomic E-state index is 13.6. The van der Waals surface area contributed by atoms with Gasteiger partial charge in [-0.3, -0.25) is 9.36 Å². The first-order valence-electron chi connectivity index (χ1n) is 10.9. The standard InChI is InChI=1S/C26H23N3O5S/c1-4-33-25(31)22-16(2)28-26-29(23(22)18-8-6-5-7-9-18)24(30)21(35-26)15-17-10-11-19(34-13-12-27)20(14-17)32-3/h5-11,14-15,23H,4,13H2,1-3H3/b21-15-/t23-/m1/s1. The summed E-state index contributed by atoms with van der Waals surface area (Å²) in [7, 11) is 1.51. The molecule has 0 fully saturated rings. The maximum Gasteiger partial charge on any atom is 0.338 e. The fourth-order valence-electron chi connectivity index (χ4n) is 3.90. The SMILES string of the molecule is CCOC(=O)C1=C(C)N=c2s/c(=C\c3ccc(OCC#N)c(OC)c3)c(=O)n2[C@@H]1c1ccccc1. The molecule has 178 valence electrons. The van der Waals surface area contributed by atoms with Gasteiger partial charge in [0.05, 0.1) is 35.6 Å². The van der Waals surface area contributed by atoms with Crippen LogP contribution in [0.25, 0.3) is 6.08 Å². The molecule has 35 heavy (non-hydrogen) atoms. The molecule has 1 aromatic heterocycles. The van der Waals surface area contributed by atoms with Gasteiger partial charge in [0.2, 0.25) is 0 Å². The zero-order valence-electron chi connectivity index (χ0n) is 19.5. The molecule has 0 saturated heterocycles. The summed E-state index contributed by atoms with van der Waals surface area (Å²) in [6.45, 7) is 3.61. The number of carbonyl (C=O) groups is 1. The monoisotopic (exact) mass is 489 g/mol. The Morgan fingerprint density at radius 3 is 2.69 bits per heavy atom. The van der Waals surface area contributed by atoms with E-state index in [4.69, 9.17) is 19.5 Å². The lowest BCUT2D eigenvalue weighted by Gasteiger charge is -2.24. The third-order valence-electron chi connectivity index (χ3n) is 5.41. The van der Waals surface area contributed by atoms with Crippen LogP contribution < -0.4 is 24.4 Å². The molecule has 2 heterocycles. The Balaban J connectivity index is 1.87. The van der Waals surface area contributed by atoms with Crippen LogP contribution in [0.5, 0.6) is 11.5 Å². The first kappa shape index (κ1) is 24.0. The summed E-state index contributed by atoms with van der Waals surface area (Å²) in [6, 6.07) is 15.8. The number of methoxy groups -OCH3 is 1. The van der Waals surface area contributed by atoms with Gasteiger partial charge in [0.25, 0.3) is 5.56 Å². The van der Waals surface area contributed by atoms with E-state index in [-0.39, 0.29) is 18.8 Å². The zero-order chi connectivity index (χ0) is 24.9. The van der Waals surface area contributed by atoms with E-state index in [2.05, 4.69) is 4.99 Å². The Morgan fingerprint density at radius 1 is 1.23 bits per heavy atom. The molecular formula is C26H23N3O5S. The van der Waals surface area contributed by atoms with E-state index < -0.39 is 12.0 Å². The fraction of sp³-hybridized carbons (Fsp3) is 0.231. The van der Waals surface area contributed by atoms with Crippen molar-refractivity contribution >= 4 is 23.4 Å². The van der Waals surface area contributed by atoms with Gasteiger partial charge in [-0.2, -0.15) is 5.26 Å². The molecule has 2 aromatic carbocycles. The number of esters is 1. The summed E-state index contributed by atoms with van der Waals surface area (Å²) in [5.41, 5.74) is 2.11. The van der Waals surface area contributed by atoms with Crippen LogP contribution in [0.15, 0.2) is 69.6 Å². The van der Waals surface area contributed by atoms with Crippen LogP contribution in [0.3, 0.4) is 0 Å². The van der Waals surface area contributed by atoms with Crippen molar-refractivity contribution < 1.29 is 19.0 Å². The van der Waals surface area contributed by atoms with Crippen LogP contribution in [0.2, 0.25) is 0 Å². The molecule has 8 nitrogen and oxygen atoms in total. The Hall–Kier alpha value is -4.16. The molecule has 0 radical (unpaired) electrons. The van der Waals surface area contributed by atoms with Crippen LogP contribution in [0.1, 0.15) is 31.0 Å². The van der Waals surface area contributed by atoms with Gasteiger partial charge < -0.3 is 14.2 Å². The van der Waals surface area contributed by atoms with E-state index in [0.717, 1.165) is 5.56 Å². The molecule has 0 N–H and O–H groups in total. The maximum absolute atomic E-state index is 13.6. The molecule has 3 aromatic rings. The highest BCUT2D eigenvalue weighted by Crippen LogP contribution is 2.31. The minimum absolute atomic E-state index is 0.101. The number of benzene rings is 2. The lowest BCUT2D eigenvalue weighted by molar-refractivity contribution is -0.139. The van der Waals surface area contributed by atoms with Crippen molar-refractivity contribution in [2.75, 3.05) is 20.3 Å². The summed E-state index contributed by atoms with van der Waals surface area (Å²) in [5.74, 6) is 0.394. The first-order valence-corrected chi connectivity index (χ1v) is 11.7. The number of nitrogens with zero attached hydrogens (tertiary/aromatic N) is 3. The quantitative estimate of drug-likeness (QED) is 0.473. The van der Waals surface area contributed by atoms with Gasteiger partial charge in [0, 0.05) is 0 Å². The second kappa shape index (κ2) is 10.4. The number of thiazole rings is 1. The third-order valence-corrected chi connectivity index (χ3v) is 6.39. The first-order chi connectivity index (χ1) is 17.0. The van der Waals surface area contributed by atoms with Crippen LogP contribution in [0.4, 0.5) is 0 Å². The van der Waals surface area contributed by atoms with Gasteiger partial charge in [-0.15, -0.1) is 0 Å². The molecule has 0 aliphatic carbocycles. The van der Waals surface area contributed by atoms with Gasteiger partial charge in [-0.25, -0.2) is 9.79 Å². The Kier molecular flexibility index (Phi) is 7.13. The number of allylic oxidation sites excluding steroid dienone is 1. The van der Waals surface area contributed by atoms with Crippen LogP contribution >= 0.6 is 11.3 Å². The van der Waals surface area contributed by atoms with Crippen molar-refractivity contribution in [2.45, 2.75) is 19.9 Å².